The molecule has 9 heteroatoms. The second-order valence-electron chi connectivity index (χ2n) is 7.03. The molecule has 1 aliphatic rings. The van der Waals surface area contributed by atoms with Crippen molar-refractivity contribution >= 4 is 39.1 Å². The predicted octanol–water partition coefficient (Wildman–Crippen LogP) is 3.22. The van der Waals surface area contributed by atoms with E-state index in [1.54, 1.807) is 32.3 Å². The van der Waals surface area contributed by atoms with Crippen LogP contribution in [0.4, 0.5) is 0 Å². The van der Waals surface area contributed by atoms with E-state index >= 15 is 0 Å². The zero-order valence-electron chi connectivity index (χ0n) is 16.9. The minimum Gasteiger partial charge on any atom is -0.460 e. The first-order valence-electron chi connectivity index (χ1n) is 9.51. The quantitative estimate of drug-likeness (QED) is 0.483. The summed E-state index contributed by atoms with van der Waals surface area (Å²) in [6.07, 6.45) is 0. The van der Waals surface area contributed by atoms with Gasteiger partial charge in [-0.2, -0.15) is 0 Å². The van der Waals surface area contributed by atoms with Crippen LogP contribution in [-0.4, -0.2) is 73.2 Å². The second-order valence-corrected chi connectivity index (χ2v) is 9.58. The Hall–Kier alpha value is -1.68. The topological polar surface area (TPSA) is 74.9 Å². The molecule has 1 amide bonds. The summed E-state index contributed by atoms with van der Waals surface area (Å²) in [5, 5.41) is 0. The number of piperazine rings is 1. The van der Waals surface area contributed by atoms with Crippen LogP contribution in [0.25, 0.3) is 0 Å². The Morgan fingerprint density at radius 3 is 2.52 bits per heavy atom. The molecule has 0 bridgehead atoms. The van der Waals surface area contributed by atoms with Crippen molar-refractivity contribution in [1.82, 2.24) is 14.8 Å². The van der Waals surface area contributed by atoms with Crippen LogP contribution in [0.3, 0.4) is 0 Å². The molecule has 1 fully saturated rings. The van der Waals surface area contributed by atoms with Crippen LogP contribution in [0, 0.1) is 13.8 Å². The highest BCUT2D eigenvalue weighted by Gasteiger charge is 2.28. The van der Waals surface area contributed by atoms with E-state index in [9.17, 15) is 9.59 Å². The third-order valence-electron chi connectivity index (χ3n) is 5.04. The van der Waals surface area contributed by atoms with Crippen molar-refractivity contribution in [3.8, 4) is 0 Å². The molecule has 1 aliphatic heterocycles. The molecule has 0 aliphatic carbocycles. The Kier molecular flexibility index (Phi) is 7.50. The standard InChI is InChI=1S/C20H26BrN3O4S/c1-13-17(20(26)28-11-10-27-3)14(2)22-18(13)19(25)24-8-6-23(7-9-24)12-15-4-5-16(21)29-15/h4-5,22H,6-12H2,1-3H3. The summed E-state index contributed by atoms with van der Waals surface area (Å²) in [7, 11) is 1.55. The fourth-order valence-electron chi connectivity index (χ4n) is 3.48. The molecular formula is C20H26BrN3O4S. The Morgan fingerprint density at radius 1 is 1.17 bits per heavy atom. The van der Waals surface area contributed by atoms with Gasteiger partial charge in [-0.05, 0) is 47.5 Å². The normalized spacial score (nSPS) is 15.0. The lowest BCUT2D eigenvalue weighted by Crippen LogP contribution is -2.48. The lowest BCUT2D eigenvalue weighted by atomic mass is 10.1. The number of esters is 1. The van der Waals surface area contributed by atoms with E-state index in [-0.39, 0.29) is 12.5 Å². The number of nitrogens with zero attached hydrogens (tertiary/aromatic N) is 2. The van der Waals surface area contributed by atoms with Crippen LogP contribution in [0.2, 0.25) is 0 Å². The van der Waals surface area contributed by atoms with E-state index in [4.69, 9.17) is 9.47 Å². The number of nitrogens with one attached hydrogen (secondary N) is 1. The minimum absolute atomic E-state index is 0.0694. The summed E-state index contributed by atoms with van der Waals surface area (Å²) < 4.78 is 11.3. The van der Waals surface area contributed by atoms with Gasteiger partial charge in [0.2, 0.25) is 0 Å². The monoisotopic (exact) mass is 483 g/mol. The number of carbonyl (C=O) groups is 2. The van der Waals surface area contributed by atoms with Crippen LogP contribution in [-0.2, 0) is 16.0 Å². The molecule has 0 spiro atoms. The fourth-order valence-corrected chi connectivity index (χ4v) is 5.01. The zero-order valence-corrected chi connectivity index (χ0v) is 19.3. The Bertz CT molecular complexity index is 871. The van der Waals surface area contributed by atoms with Crippen molar-refractivity contribution in [3.05, 3.63) is 43.3 Å². The van der Waals surface area contributed by atoms with E-state index < -0.39 is 5.97 Å². The number of hydrogen-bond acceptors (Lipinski definition) is 6. The first kappa shape index (κ1) is 22.0. The molecule has 1 N–H and O–H groups in total. The summed E-state index contributed by atoms with van der Waals surface area (Å²) in [5.74, 6) is -0.501. The molecule has 2 aromatic heterocycles. The van der Waals surface area contributed by atoms with Crippen LogP contribution >= 0.6 is 27.3 Å². The maximum atomic E-state index is 13.0. The molecule has 1 saturated heterocycles. The molecule has 0 atom stereocenters. The van der Waals surface area contributed by atoms with Crippen LogP contribution in [0.1, 0.15) is 37.0 Å². The Balaban J connectivity index is 1.61. The van der Waals surface area contributed by atoms with Gasteiger partial charge in [-0.25, -0.2) is 4.79 Å². The van der Waals surface area contributed by atoms with Gasteiger partial charge >= 0.3 is 5.97 Å². The van der Waals surface area contributed by atoms with E-state index in [0.717, 1.165) is 23.4 Å². The highest BCUT2D eigenvalue weighted by Crippen LogP contribution is 2.24. The second kappa shape index (κ2) is 9.88. The molecule has 0 unspecified atom stereocenters. The molecule has 0 aromatic carbocycles. The number of aromatic amines is 1. The largest absolute Gasteiger partial charge is 0.460 e. The van der Waals surface area contributed by atoms with Crippen molar-refractivity contribution in [2.24, 2.45) is 0 Å². The third-order valence-corrected chi connectivity index (χ3v) is 6.65. The number of carbonyl (C=O) groups excluding carboxylic acids is 2. The van der Waals surface area contributed by atoms with E-state index in [1.165, 1.54) is 4.88 Å². The van der Waals surface area contributed by atoms with Gasteiger partial charge in [-0.3, -0.25) is 9.69 Å². The maximum Gasteiger partial charge on any atom is 0.340 e. The van der Waals surface area contributed by atoms with Gasteiger partial charge in [0.1, 0.15) is 12.3 Å². The summed E-state index contributed by atoms with van der Waals surface area (Å²) in [4.78, 5) is 34.0. The van der Waals surface area contributed by atoms with Gasteiger partial charge in [0.15, 0.2) is 0 Å². The van der Waals surface area contributed by atoms with Crippen molar-refractivity contribution in [1.29, 1.82) is 0 Å². The predicted molar refractivity (Wildman–Crippen MR) is 116 cm³/mol. The van der Waals surface area contributed by atoms with Crippen molar-refractivity contribution in [2.45, 2.75) is 20.4 Å². The number of halogens is 1. The third kappa shape index (κ3) is 5.28. The Labute approximate surface area is 183 Å². The molecule has 3 rings (SSSR count). The zero-order chi connectivity index (χ0) is 21.0. The number of thiophene rings is 1. The number of ether oxygens (including phenoxy) is 2. The van der Waals surface area contributed by atoms with Crippen molar-refractivity contribution in [2.75, 3.05) is 46.5 Å². The van der Waals surface area contributed by atoms with Crippen molar-refractivity contribution in [3.63, 3.8) is 0 Å². The first-order valence-corrected chi connectivity index (χ1v) is 11.1. The molecule has 3 heterocycles. The van der Waals surface area contributed by atoms with Crippen LogP contribution < -0.4 is 0 Å². The SMILES string of the molecule is COCCOC(=O)c1c(C)[nH]c(C(=O)N2CCN(Cc3ccc(Br)s3)CC2)c1C. The van der Waals surface area contributed by atoms with Gasteiger partial charge in [-0.15, -0.1) is 11.3 Å². The molecule has 0 saturated carbocycles. The van der Waals surface area contributed by atoms with Gasteiger partial charge in [0.25, 0.3) is 5.91 Å². The summed E-state index contributed by atoms with van der Waals surface area (Å²) >= 11 is 5.24. The van der Waals surface area contributed by atoms with Gasteiger partial charge in [-0.1, -0.05) is 0 Å². The van der Waals surface area contributed by atoms with Crippen molar-refractivity contribution < 1.29 is 19.1 Å². The van der Waals surface area contributed by atoms with E-state index in [0.29, 0.717) is 42.2 Å². The average molecular weight is 484 g/mol. The smallest absolute Gasteiger partial charge is 0.340 e. The highest BCUT2D eigenvalue weighted by molar-refractivity contribution is 9.11. The van der Waals surface area contributed by atoms with Gasteiger partial charge in [0, 0.05) is 50.4 Å². The number of amides is 1. The van der Waals surface area contributed by atoms with Gasteiger partial charge < -0.3 is 19.4 Å². The Morgan fingerprint density at radius 2 is 1.90 bits per heavy atom. The van der Waals surface area contributed by atoms with E-state index in [2.05, 4.69) is 37.9 Å². The number of aryl methyl sites for hydroxylation is 1. The number of methoxy groups -OCH3 is 1. The van der Waals surface area contributed by atoms with Gasteiger partial charge in [0.05, 0.1) is 16.0 Å². The molecule has 2 aromatic rings. The summed E-state index contributed by atoms with van der Waals surface area (Å²) in [6, 6.07) is 4.19. The summed E-state index contributed by atoms with van der Waals surface area (Å²) in [6.45, 7) is 7.97. The molecule has 0 radical (unpaired) electrons. The number of rotatable bonds is 7. The molecular weight excluding hydrogens is 458 g/mol. The molecule has 158 valence electrons. The molecule has 7 nitrogen and oxygen atoms in total. The van der Waals surface area contributed by atoms with E-state index in [1.807, 2.05) is 4.90 Å². The highest BCUT2D eigenvalue weighted by atomic mass is 79.9. The average Bonchev–Trinajstić information content (AvgIpc) is 3.24. The number of aromatic nitrogens is 1. The fraction of sp³-hybridized carbons (Fsp3) is 0.500. The number of hydrogen-bond donors (Lipinski definition) is 1. The number of H-pyrrole nitrogens is 1. The minimum atomic E-state index is -0.431. The lowest BCUT2D eigenvalue weighted by Gasteiger charge is -2.34. The molecule has 29 heavy (non-hydrogen) atoms. The lowest BCUT2D eigenvalue weighted by molar-refractivity contribution is 0.0387. The summed E-state index contributed by atoms with van der Waals surface area (Å²) in [5.41, 5.74) is 2.19. The first-order chi connectivity index (χ1) is 13.9. The maximum absolute atomic E-state index is 13.0. The van der Waals surface area contributed by atoms with Crippen LogP contribution in [0.15, 0.2) is 15.9 Å². The van der Waals surface area contributed by atoms with Crippen LogP contribution in [0.5, 0.6) is 0 Å².